The molecule has 4 rings (SSSR count). The number of aromatic amines is 1. The highest BCUT2D eigenvalue weighted by atomic mass is 16.6. The first-order valence-corrected chi connectivity index (χ1v) is 8.44. The van der Waals surface area contributed by atoms with E-state index < -0.39 is 0 Å². The van der Waals surface area contributed by atoms with E-state index in [1.807, 2.05) is 24.3 Å². The van der Waals surface area contributed by atoms with Gasteiger partial charge in [-0.2, -0.15) is 0 Å². The molecule has 0 radical (unpaired) electrons. The number of fused-ring (bicyclic) bond motifs is 2. The molecule has 1 amide bonds. The van der Waals surface area contributed by atoms with Gasteiger partial charge in [0.15, 0.2) is 0 Å². The van der Waals surface area contributed by atoms with Crippen LogP contribution in [0.1, 0.15) is 29.8 Å². The van der Waals surface area contributed by atoms with Crippen LogP contribution in [0.15, 0.2) is 24.3 Å². The van der Waals surface area contributed by atoms with E-state index in [1.54, 1.807) is 7.11 Å². The van der Waals surface area contributed by atoms with E-state index in [0.717, 1.165) is 35.9 Å². The van der Waals surface area contributed by atoms with Crippen LogP contribution in [0, 0.1) is 0 Å². The van der Waals surface area contributed by atoms with Crippen molar-refractivity contribution in [1.82, 2.24) is 10.3 Å². The summed E-state index contributed by atoms with van der Waals surface area (Å²) in [6.07, 6.45) is 2.95. The number of hydrogen-bond acceptors (Lipinski definition) is 4. The van der Waals surface area contributed by atoms with E-state index in [0.29, 0.717) is 18.9 Å². The Hall–Kier alpha value is -2.05. The predicted octanol–water partition coefficient (Wildman–Crippen LogP) is 2.24. The molecule has 128 valence electrons. The largest absolute Gasteiger partial charge is 0.497 e. The minimum atomic E-state index is -0.0784. The first-order chi connectivity index (χ1) is 11.7. The maximum absolute atomic E-state index is 12.6. The van der Waals surface area contributed by atoms with Gasteiger partial charge in [0.1, 0.15) is 11.4 Å². The maximum atomic E-state index is 12.6. The molecule has 1 saturated carbocycles. The Kier molecular flexibility index (Phi) is 4.16. The van der Waals surface area contributed by atoms with E-state index >= 15 is 0 Å². The molecular weight excluding hydrogens is 308 g/mol. The van der Waals surface area contributed by atoms with E-state index in [-0.39, 0.29) is 24.2 Å². The van der Waals surface area contributed by atoms with Gasteiger partial charge in [-0.15, -0.1) is 0 Å². The van der Waals surface area contributed by atoms with E-state index in [1.165, 1.54) is 0 Å². The Morgan fingerprint density at radius 1 is 1.21 bits per heavy atom. The van der Waals surface area contributed by atoms with Gasteiger partial charge < -0.3 is 24.5 Å². The molecule has 6 nitrogen and oxygen atoms in total. The highest BCUT2D eigenvalue weighted by Crippen LogP contribution is 2.27. The first kappa shape index (κ1) is 15.5. The van der Waals surface area contributed by atoms with Gasteiger partial charge in [-0.3, -0.25) is 4.79 Å². The van der Waals surface area contributed by atoms with Crippen LogP contribution in [0.5, 0.6) is 5.75 Å². The molecule has 2 aromatic rings. The number of amides is 1. The Balaban J connectivity index is 1.44. The maximum Gasteiger partial charge on any atom is 0.267 e. The third kappa shape index (κ3) is 2.99. The van der Waals surface area contributed by atoms with E-state index in [9.17, 15) is 4.79 Å². The molecule has 1 aromatic carbocycles. The summed E-state index contributed by atoms with van der Waals surface area (Å²) in [6.45, 7) is 1.32. The number of carbonyl (C=O) groups excluding carboxylic acids is 1. The van der Waals surface area contributed by atoms with Crippen LogP contribution >= 0.6 is 0 Å². The summed E-state index contributed by atoms with van der Waals surface area (Å²) in [5.41, 5.74) is 1.47. The van der Waals surface area contributed by atoms with Gasteiger partial charge in [-0.05, 0) is 37.5 Å². The topological polar surface area (TPSA) is 72.6 Å². The fourth-order valence-electron chi connectivity index (χ4n) is 3.62. The standard InChI is InChI=1S/C18H22N2O4/c1-22-13-4-2-11-8-15(20-14(11)10-13)18(21)19-12-3-5-16-17(9-12)24-7-6-23-16/h2,4,8,10,12,16-17,20H,3,5-7,9H2,1H3,(H,19,21)/t12-,16-,17+/m1/s1. The molecule has 2 heterocycles. The van der Waals surface area contributed by atoms with E-state index in [4.69, 9.17) is 14.2 Å². The van der Waals surface area contributed by atoms with Crippen molar-refractivity contribution in [2.75, 3.05) is 20.3 Å². The second-order valence-electron chi connectivity index (χ2n) is 6.44. The number of nitrogens with one attached hydrogen (secondary N) is 2. The van der Waals surface area contributed by atoms with Crippen LogP contribution in [0.4, 0.5) is 0 Å². The number of carbonyl (C=O) groups is 1. The normalized spacial score (nSPS) is 26.8. The summed E-state index contributed by atoms with van der Waals surface area (Å²) in [4.78, 5) is 15.7. The molecule has 0 bridgehead atoms. The zero-order chi connectivity index (χ0) is 16.5. The smallest absolute Gasteiger partial charge is 0.267 e. The quantitative estimate of drug-likeness (QED) is 0.905. The number of methoxy groups -OCH3 is 1. The average molecular weight is 330 g/mol. The van der Waals surface area contributed by atoms with Gasteiger partial charge in [0.25, 0.3) is 5.91 Å². The molecule has 0 unspecified atom stereocenters. The van der Waals surface area contributed by atoms with Crippen LogP contribution in [-0.4, -0.2) is 49.5 Å². The number of benzene rings is 1. The summed E-state index contributed by atoms with van der Waals surface area (Å²) < 4.78 is 16.7. The van der Waals surface area contributed by atoms with Crippen LogP contribution in [0.25, 0.3) is 10.9 Å². The second-order valence-corrected chi connectivity index (χ2v) is 6.44. The van der Waals surface area contributed by atoms with Crippen molar-refractivity contribution in [3.63, 3.8) is 0 Å². The van der Waals surface area contributed by atoms with Crippen LogP contribution in [0.2, 0.25) is 0 Å². The fourth-order valence-corrected chi connectivity index (χ4v) is 3.62. The molecule has 1 aliphatic heterocycles. The van der Waals surface area contributed by atoms with Crippen molar-refractivity contribution in [3.8, 4) is 5.75 Å². The molecule has 3 atom stereocenters. The average Bonchev–Trinajstić information content (AvgIpc) is 3.05. The lowest BCUT2D eigenvalue weighted by Gasteiger charge is -2.39. The molecule has 1 aromatic heterocycles. The molecule has 0 spiro atoms. The molecule has 1 aliphatic carbocycles. The van der Waals surface area contributed by atoms with Crippen LogP contribution in [0.3, 0.4) is 0 Å². The summed E-state index contributed by atoms with van der Waals surface area (Å²) in [5.74, 6) is 0.689. The molecule has 2 aliphatic rings. The van der Waals surface area contributed by atoms with Crippen molar-refractivity contribution >= 4 is 16.8 Å². The minimum Gasteiger partial charge on any atom is -0.497 e. The monoisotopic (exact) mass is 330 g/mol. The third-order valence-electron chi connectivity index (χ3n) is 4.89. The zero-order valence-corrected chi connectivity index (χ0v) is 13.7. The van der Waals surface area contributed by atoms with Crippen molar-refractivity contribution in [2.24, 2.45) is 0 Å². The third-order valence-corrected chi connectivity index (χ3v) is 4.89. The molecule has 6 heteroatoms. The minimum absolute atomic E-state index is 0.0784. The van der Waals surface area contributed by atoms with Gasteiger partial charge in [-0.1, -0.05) is 0 Å². The lowest BCUT2D eigenvalue weighted by molar-refractivity contribution is -0.157. The summed E-state index contributed by atoms with van der Waals surface area (Å²) in [6, 6.07) is 7.72. The number of ether oxygens (including phenoxy) is 3. The highest BCUT2D eigenvalue weighted by Gasteiger charge is 2.34. The fraction of sp³-hybridized carbons (Fsp3) is 0.500. The summed E-state index contributed by atoms with van der Waals surface area (Å²) in [5, 5.41) is 4.11. The Morgan fingerprint density at radius 3 is 2.88 bits per heavy atom. The lowest BCUT2D eigenvalue weighted by Crippen LogP contribution is -2.49. The molecule has 1 saturated heterocycles. The number of H-pyrrole nitrogens is 1. The lowest BCUT2D eigenvalue weighted by atomic mass is 9.89. The second kappa shape index (κ2) is 6.45. The van der Waals surface area contributed by atoms with Gasteiger partial charge in [0, 0.05) is 23.0 Å². The Bertz CT molecular complexity index is 742. The van der Waals surface area contributed by atoms with Crippen LogP contribution in [-0.2, 0) is 9.47 Å². The molecule has 24 heavy (non-hydrogen) atoms. The summed E-state index contributed by atoms with van der Waals surface area (Å²) >= 11 is 0. The first-order valence-electron chi connectivity index (χ1n) is 8.44. The molecular formula is C18H22N2O4. The Labute approximate surface area is 140 Å². The molecule has 2 N–H and O–H groups in total. The van der Waals surface area contributed by atoms with E-state index in [2.05, 4.69) is 10.3 Å². The predicted molar refractivity (Wildman–Crippen MR) is 89.4 cm³/mol. The Morgan fingerprint density at radius 2 is 2.04 bits per heavy atom. The van der Waals surface area contributed by atoms with Gasteiger partial charge in [0.2, 0.25) is 0 Å². The van der Waals surface area contributed by atoms with Crippen molar-refractivity contribution < 1.29 is 19.0 Å². The SMILES string of the molecule is COc1ccc2cc(C(=O)N[C@@H]3CC[C@H]4OCCO[C@H]4C3)[nH]c2c1. The van der Waals surface area contributed by atoms with Crippen LogP contribution < -0.4 is 10.1 Å². The van der Waals surface area contributed by atoms with Gasteiger partial charge in [0.05, 0.1) is 32.5 Å². The number of hydrogen-bond donors (Lipinski definition) is 2. The van der Waals surface area contributed by atoms with Gasteiger partial charge >= 0.3 is 0 Å². The van der Waals surface area contributed by atoms with Crippen molar-refractivity contribution in [1.29, 1.82) is 0 Å². The van der Waals surface area contributed by atoms with Crippen molar-refractivity contribution in [2.45, 2.75) is 37.5 Å². The molecule has 2 fully saturated rings. The number of aromatic nitrogens is 1. The number of rotatable bonds is 3. The highest BCUT2D eigenvalue weighted by molar-refractivity contribution is 5.98. The van der Waals surface area contributed by atoms with Gasteiger partial charge in [-0.25, -0.2) is 0 Å². The summed E-state index contributed by atoms with van der Waals surface area (Å²) in [7, 11) is 1.63. The zero-order valence-electron chi connectivity index (χ0n) is 13.7. The van der Waals surface area contributed by atoms with Crippen molar-refractivity contribution in [3.05, 3.63) is 30.0 Å².